The molecule has 1 fully saturated rings. The van der Waals surface area contributed by atoms with E-state index in [1.165, 1.54) is 0 Å². The van der Waals surface area contributed by atoms with E-state index in [4.69, 9.17) is 5.73 Å². The van der Waals surface area contributed by atoms with Crippen LogP contribution in [0, 0.1) is 19.8 Å². The molecule has 2 N–H and O–H groups in total. The van der Waals surface area contributed by atoms with Gasteiger partial charge in [-0.1, -0.05) is 15.9 Å². The van der Waals surface area contributed by atoms with Crippen molar-refractivity contribution in [3.63, 3.8) is 0 Å². The van der Waals surface area contributed by atoms with Gasteiger partial charge in [0.05, 0.1) is 5.56 Å². The first kappa shape index (κ1) is 20.0. The number of rotatable bonds is 3. The highest BCUT2D eigenvalue weighted by atomic mass is 79.9. The Hall–Kier alpha value is -1.30. The van der Waals surface area contributed by atoms with Gasteiger partial charge in [0.2, 0.25) is 0 Å². The third-order valence-corrected chi connectivity index (χ3v) is 5.53. The smallest absolute Gasteiger partial charge is 0.255 e. The van der Waals surface area contributed by atoms with Gasteiger partial charge < -0.3 is 15.2 Å². The Labute approximate surface area is 163 Å². The lowest BCUT2D eigenvalue weighted by Gasteiger charge is -2.21. The highest BCUT2D eigenvalue weighted by Crippen LogP contribution is 2.28. The number of hydrogen-bond acceptors (Lipinski definition) is 2. The molecule has 25 heavy (non-hydrogen) atoms. The predicted octanol–water partition coefficient (Wildman–Crippen LogP) is 4.09. The predicted molar refractivity (Wildman–Crippen MR) is 108 cm³/mol. The van der Waals surface area contributed by atoms with Crippen LogP contribution in [-0.4, -0.2) is 34.5 Å². The van der Waals surface area contributed by atoms with Gasteiger partial charge in [0.1, 0.15) is 0 Å². The quantitative estimate of drug-likeness (QED) is 0.803. The molecule has 136 valence electrons. The Morgan fingerprint density at radius 3 is 2.48 bits per heavy atom. The summed E-state index contributed by atoms with van der Waals surface area (Å²) in [6.45, 7) is 7.58. The first-order valence-electron chi connectivity index (χ1n) is 8.38. The van der Waals surface area contributed by atoms with Gasteiger partial charge in [-0.25, -0.2) is 0 Å². The molecule has 0 radical (unpaired) electrons. The van der Waals surface area contributed by atoms with Crippen molar-refractivity contribution in [2.75, 3.05) is 13.1 Å². The molecule has 2 atom stereocenters. The van der Waals surface area contributed by atoms with Crippen LogP contribution in [-0.2, 0) is 0 Å². The van der Waals surface area contributed by atoms with Crippen LogP contribution < -0.4 is 5.73 Å². The maximum Gasteiger partial charge on any atom is 0.255 e. The van der Waals surface area contributed by atoms with E-state index in [2.05, 4.69) is 39.6 Å². The second-order valence-electron chi connectivity index (χ2n) is 6.74. The summed E-state index contributed by atoms with van der Waals surface area (Å²) in [6.07, 6.45) is 0.994. The lowest BCUT2D eigenvalue weighted by molar-refractivity contribution is 0.0742. The summed E-state index contributed by atoms with van der Waals surface area (Å²) in [4.78, 5) is 15.0. The van der Waals surface area contributed by atoms with Crippen LogP contribution in [0.5, 0.6) is 0 Å². The van der Waals surface area contributed by atoms with Gasteiger partial charge in [0.25, 0.3) is 5.91 Å². The minimum atomic E-state index is 0. The molecule has 2 heterocycles. The number of nitrogens with two attached hydrogens (primary N) is 1. The summed E-state index contributed by atoms with van der Waals surface area (Å²) >= 11 is 3.47. The summed E-state index contributed by atoms with van der Waals surface area (Å²) < 4.78 is 3.18. The van der Waals surface area contributed by atoms with Gasteiger partial charge in [-0.15, -0.1) is 12.4 Å². The summed E-state index contributed by atoms with van der Waals surface area (Å²) in [5.74, 6) is 0.536. The number of carbonyl (C=O) groups is 1. The Balaban J connectivity index is 0.00000225. The van der Waals surface area contributed by atoms with E-state index >= 15 is 0 Å². The van der Waals surface area contributed by atoms with E-state index in [-0.39, 0.29) is 24.4 Å². The van der Waals surface area contributed by atoms with Crippen molar-refractivity contribution >= 4 is 34.2 Å². The Morgan fingerprint density at radius 1 is 1.28 bits per heavy atom. The molecule has 1 amide bonds. The molecule has 0 bridgehead atoms. The third-order valence-electron chi connectivity index (χ3n) is 5.00. The number of hydrogen-bond donors (Lipinski definition) is 1. The zero-order chi connectivity index (χ0) is 17.4. The average Bonchev–Trinajstić information content (AvgIpc) is 3.08. The van der Waals surface area contributed by atoms with Gasteiger partial charge in [-0.3, -0.25) is 4.79 Å². The molecule has 1 aromatic carbocycles. The van der Waals surface area contributed by atoms with Crippen molar-refractivity contribution < 1.29 is 4.79 Å². The summed E-state index contributed by atoms with van der Waals surface area (Å²) in [5.41, 5.74) is 9.72. The number of amides is 1. The highest BCUT2D eigenvalue weighted by Gasteiger charge is 2.33. The summed E-state index contributed by atoms with van der Waals surface area (Å²) in [6, 6.07) is 10.4. The number of likely N-dealkylation sites (tertiary alicyclic amines) is 1. The lowest BCUT2D eigenvalue weighted by atomic mass is 10.1. The SMILES string of the molecule is Cc1cc(C(=O)N2CC(CN)CC2C)c(C)n1-c1ccc(Br)cc1.Cl. The molecule has 1 aromatic heterocycles. The first-order valence-corrected chi connectivity index (χ1v) is 9.17. The van der Waals surface area contributed by atoms with Gasteiger partial charge in [-0.2, -0.15) is 0 Å². The molecule has 4 nitrogen and oxygen atoms in total. The average molecular weight is 427 g/mol. The molecule has 6 heteroatoms. The van der Waals surface area contributed by atoms with Crippen molar-refractivity contribution in [2.24, 2.45) is 11.7 Å². The molecule has 3 rings (SSSR count). The second kappa shape index (κ2) is 7.94. The number of nitrogens with zero attached hydrogens (tertiary/aromatic N) is 2. The van der Waals surface area contributed by atoms with Crippen LogP contribution in [0.4, 0.5) is 0 Å². The van der Waals surface area contributed by atoms with Crippen LogP contribution >= 0.6 is 28.3 Å². The molecule has 1 saturated heterocycles. The van der Waals surface area contributed by atoms with Gasteiger partial charge in [0, 0.05) is 34.1 Å². The monoisotopic (exact) mass is 425 g/mol. The molecule has 0 aliphatic carbocycles. The Morgan fingerprint density at radius 2 is 1.92 bits per heavy atom. The second-order valence-corrected chi connectivity index (χ2v) is 7.66. The Bertz CT molecular complexity index is 757. The number of aromatic nitrogens is 1. The van der Waals surface area contributed by atoms with Crippen molar-refractivity contribution in [1.29, 1.82) is 0 Å². The van der Waals surface area contributed by atoms with E-state index in [1.54, 1.807) is 0 Å². The molecule has 1 aliphatic rings. The molecular weight excluding hydrogens is 402 g/mol. The van der Waals surface area contributed by atoms with E-state index in [0.29, 0.717) is 12.5 Å². The van der Waals surface area contributed by atoms with Crippen molar-refractivity contribution in [3.8, 4) is 5.69 Å². The summed E-state index contributed by atoms with van der Waals surface area (Å²) in [7, 11) is 0. The third kappa shape index (κ3) is 3.78. The van der Waals surface area contributed by atoms with Gasteiger partial charge >= 0.3 is 0 Å². The van der Waals surface area contributed by atoms with Crippen LogP contribution in [0.25, 0.3) is 5.69 Å². The molecule has 0 spiro atoms. The number of benzene rings is 1. The van der Waals surface area contributed by atoms with E-state index < -0.39 is 0 Å². The van der Waals surface area contributed by atoms with Crippen LogP contribution in [0.1, 0.15) is 35.1 Å². The largest absolute Gasteiger partial charge is 0.336 e. The maximum atomic E-state index is 13.1. The summed E-state index contributed by atoms with van der Waals surface area (Å²) in [5, 5.41) is 0. The van der Waals surface area contributed by atoms with Crippen LogP contribution in [0.2, 0.25) is 0 Å². The molecule has 1 aliphatic heterocycles. The zero-order valence-electron chi connectivity index (χ0n) is 14.8. The van der Waals surface area contributed by atoms with Crippen LogP contribution in [0.15, 0.2) is 34.8 Å². The lowest BCUT2D eigenvalue weighted by Crippen LogP contribution is -2.34. The van der Waals surface area contributed by atoms with Gasteiger partial charge in [-0.05, 0) is 70.0 Å². The standard InChI is InChI=1S/C19H24BrN3O.ClH/c1-12-8-15(10-21)11-22(12)19(24)18-9-13(2)23(14(18)3)17-6-4-16(20)5-7-17;/h4-7,9,12,15H,8,10-11,21H2,1-3H3;1H. The molecule has 2 unspecified atom stereocenters. The fourth-order valence-corrected chi connectivity index (χ4v) is 3.98. The van der Waals surface area contributed by atoms with Crippen LogP contribution in [0.3, 0.4) is 0 Å². The maximum absolute atomic E-state index is 13.1. The topological polar surface area (TPSA) is 51.3 Å². The minimum absolute atomic E-state index is 0. The molecule has 2 aromatic rings. The number of carbonyl (C=O) groups excluding carboxylic acids is 1. The number of aryl methyl sites for hydroxylation is 1. The first-order chi connectivity index (χ1) is 11.4. The van der Waals surface area contributed by atoms with E-state index in [9.17, 15) is 4.79 Å². The van der Waals surface area contributed by atoms with E-state index in [0.717, 1.165) is 40.1 Å². The van der Waals surface area contributed by atoms with Crippen molar-refractivity contribution in [3.05, 3.63) is 51.8 Å². The normalized spacial score (nSPS) is 19.8. The fourth-order valence-electron chi connectivity index (χ4n) is 3.72. The van der Waals surface area contributed by atoms with Gasteiger partial charge in [0.15, 0.2) is 0 Å². The molecule has 0 saturated carbocycles. The van der Waals surface area contributed by atoms with Crippen molar-refractivity contribution in [2.45, 2.75) is 33.2 Å². The van der Waals surface area contributed by atoms with E-state index in [1.807, 2.05) is 36.9 Å². The zero-order valence-corrected chi connectivity index (χ0v) is 17.2. The fraction of sp³-hybridized carbons (Fsp3) is 0.421. The highest BCUT2D eigenvalue weighted by molar-refractivity contribution is 9.10. The molecular formula is C19H25BrClN3O. The minimum Gasteiger partial charge on any atom is -0.336 e. The Kier molecular flexibility index (Phi) is 6.35. The van der Waals surface area contributed by atoms with Crippen molar-refractivity contribution in [1.82, 2.24) is 9.47 Å². The number of halogens is 2.